The second kappa shape index (κ2) is 5.27. The van der Waals surface area contributed by atoms with E-state index in [1.54, 1.807) is 9.20 Å². The molecular weight excluding hydrogens is 294 g/mol. The van der Waals surface area contributed by atoms with Gasteiger partial charge >= 0.3 is 0 Å². The normalized spacial score (nSPS) is 15.6. The number of hydrogen-bond acceptors (Lipinski definition) is 7. The minimum absolute atomic E-state index is 0.497. The van der Waals surface area contributed by atoms with Crippen LogP contribution in [0.3, 0.4) is 0 Å². The third-order valence-corrected chi connectivity index (χ3v) is 4.28. The lowest BCUT2D eigenvalue weighted by molar-refractivity contribution is 0.194. The van der Waals surface area contributed by atoms with Crippen molar-refractivity contribution < 1.29 is 0 Å². The highest BCUT2D eigenvalue weighted by molar-refractivity contribution is 5.47. The Labute approximate surface area is 133 Å². The summed E-state index contributed by atoms with van der Waals surface area (Å²) >= 11 is 0. The highest BCUT2D eigenvalue weighted by Crippen LogP contribution is 2.22. The molecule has 0 unspecified atom stereocenters. The molecule has 4 rings (SSSR count). The molecule has 1 fully saturated rings. The van der Waals surface area contributed by atoms with Crippen LogP contribution in [-0.4, -0.2) is 65.9 Å². The van der Waals surface area contributed by atoms with E-state index in [0.717, 1.165) is 42.6 Å². The quantitative estimate of drug-likeness (QED) is 0.664. The van der Waals surface area contributed by atoms with Crippen LogP contribution in [0, 0.1) is 6.92 Å². The molecule has 9 heteroatoms. The van der Waals surface area contributed by atoms with Gasteiger partial charge in [-0.2, -0.15) is 4.52 Å². The zero-order chi connectivity index (χ0) is 16.0. The second-order valence-electron chi connectivity index (χ2n) is 6.07. The molecule has 9 nitrogen and oxygen atoms in total. The Kier molecular flexibility index (Phi) is 3.22. The fourth-order valence-corrected chi connectivity index (χ4v) is 2.83. The largest absolute Gasteiger partial charge is 0.352 e. The Morgan fingerprint density at radius 3 is 2.78 bits per heavy atom. The van der Waals surface area contributed by atoms with Gasteiger partial charge in [0.15, 0.2) is 11.5 Å². The van der Waals surface area contributed by atoms with Crippen LogP contribution in [0.25, 0.3) is 5.65 Å². The first-order valence-electron chi connectivity index (χ1n) is 7.59. The number of likely N-dealkylation sites (N-methyl/N-ethyl adjacent to an activating group) is 1. The molecule has 1 saturated heterocycles. The zero-order valence-electron chi connectivity index (χ0n) is 13.5. The van der Waals surface area contributed by atoms with Gasteiger partial charge < -0.3 is 4.90 Å². The summed E-state index contributed by atoms with van der Waals surface area (Å²) in [6.45, 7) is 4.63. The van der Waals surface area contributed by atoms with Gasteiger partial charge in [0.25, 0.3) is 0 Å². The minimum Gasteiger partial charge on any atom is -0.352 e. The van der Waals surface area contributed by atoms with Gasteiger partial charge in [-0.3, -0.25) is 9.58 Å². The summed E-state index contributed by atoms with van der Waals surface area (Å²) in [7, 11) is 4.01. The summed E-state index contributed by atoms with van der Waals surface area (Å²) in [5.74, 6) is 1.77. The molecule has 3 aromatic heterocycles. The maximum atomic E-state index is 4.61. The van der Waals surface area contributed by atoms with E-state index in [2.05, 4.69) is 42.5 Å². The molecule has 120 valence electrons. The number of fused-ring (bicyclic) bond motifs is 1. The van der Waals surface area contributed by atoms with E-state index in [1.165, 1.54) is 0 Å². The lowest BCUT2D eigenvalue weighted by atomic mass is 10.1. The topological polar surface area (TPSA) is 80.3 Å². The van der Waals surface area contributed by atoms with Crippen molar-refractivity contribution in [2.75, 3.05) is 25.0 Å². The Morgan fingerprint density at radius 2 is 2.04 bits per heavy atom. The van der Waals surface area contributed by atoms with Gasteiger partial charge in [-0.05, 0) is 26.1 Å². The van der Waals surface area contributed by atoms with Crippen molar-refractivity contribution in [1.82, 2.24) is 39.7 Å². The number of rotatable bonds is 4. The molecule has 1 aliphatic rings. The van der Waals surface area contributed by atoms with Crippen molar-refractivity contribution in [3.63, 3.8) is 0 Å². The smallest absolute Gasteiger partial charge is 0.178 e. The molecule has 0 atom stereocenters. The average molecular weight is 313 g/mol. The SMILES string of the molecule is Cc1nnc2ccc(N3CC(N(C)Cc4cn(C)nn4)C3)nn12. The van der Waals surface area contributed by atoms with Crippen molar-refractivity contribution in [2.45, 2.75) is 19.5 Å². The van der Waals surface area contributed by atoms with Gasteiger partial charge in [0.05, 0.1) is 5.69 Å². The van der Waals surface area contributed by atoms with Crippen molar-refractivity contribution >= 4 is 11.5 Å². The lowest BCUT2D eigenvalue weighted by Gasteiger charge is -2.44. The van der Waals surface area contributed by atoms with Gasteiger partial charge in [-0.25, -0.2) is 0 Å². The number of nitrogens with zero attached hydrogens (tertiary/aromatic N) is 9. The predicted octanol–water partition coefficient (Wildman–Crippen LogP) is -0.118. The molecule has 3 aromatic rings. The van der Waals surface area contributed by atoms with Crippen LogP contribution in [0.1, 0.15) is 11.5 Å². The van der Waals surface area contributed by atoms with Gasteiger partial charge in [-0.15, -0.1) is 20.4 Å². The molecule has 0 radical (unpaired) electrons. The van der Waals surface area contributed by atoms with E-state index in [9.17, 15) is 0 Å². The van der Waals surface area contributed by atoms with Crippen LogP contribution in [0.15, 0.2) is 18.3 Å². The van der Waals surface area contributed by atoms with E-state index in [0.29, 0.717) is 6.04 Å². The third kappa shape index (κ3) is 2.52. The first-order valence-corrected chi connectivity index (χ1v) is 7.59. The van der Waals surface area contributed by atoms with E-state index < -0.39 is 0 Å². The van der Waals surface area contributed by atoms with Crippen LogP contribution in [-0.2, 0) is 13.6 Å². The Morgan fingerprint density at radius 1 is 1.22 bits per heavy atom. The molecule has 23 heavy (non-hydrogen) atoms. The zero-order valence-corrected chi connectivity index (χ0v) is 13.5. The number of aryl methyl sites for hydroxylation is 2. The number of aromatic nitrogens is 7. The monoisotopic (exact) mass is 313 g/mol. The molecule has 0 bridgehead atoms. The van der Waals surface area contributed by atoms with Gasteiger partial charge in [-0.1, -0.05) is 5.21 Å². The molecular formula is C14H19N9. The summed E-state index contributed by atoms with van der Waals surface area (Å²) in [5.41, 5.74) is 1.77. The van der Waals surface area contributed by atoms with Gasteiger partial charge in [0, 0.05) is 38.9 Å². The highest BCUT2D eigenvalue weighted by atomic mass is 15.4. The van der Waals surface area contributed by atoms with Crippen molar-refractivity contribution in [3.05, 3.63) is 29.8 Å². The van der Waals surface area contributed by atoms with Gasteiger partial charge in [0.1, 0.15) is 5.82 Å². The number of hydrogen-bond donors (Lipinski definition) is 0. The molecule has 0 saturated carbocycles. The van der Waals surface area contributed by atoms with Crippen molar-refractivity contribution in [1.29, 1.82) is 0 Å². The maximum Gasteiger partial charge on any atom is 0.178 e. The summed E-state index contributed by atoms with van der Waals surface area (Å²) in [6, 6.07) is 4.46. The average Bonchev–Trinajstić information content (AvgIpc) is 3.04. The van der Waals surface area contributed by atoms with Crippen LogP contribution in [0.5, 0.6) is 0 Å². The molecule has 0 aliphatic carbocycles. The van der Waals surface area contributed by atoms with E-state index >= 15 is 0 Å². The molecule has 0 spiro atoms. The van der Waals surface area contributed by atoms with Crippen molar-refractivity contribution in [2.24, 2.45) is 7.05 Å². The fraction of sp³-hybridized carbons (Fsp3) is 0.500. The van der Waals surface area contributed by atoms with Crippen LogP contribution < -0.4 is 4.90 Å². The maximum absolute atomic E-state index is 4.61. The predicted molar refractivity (Wildman–Crippen MR) is 84.0 cm³/mol. The summed E-state index contributed by atoms with van der Waals surface area (Å²) in [5, 5.41) is 20.8. The molecule has 0 N–H and O–H groups in total. The van der Waals surface area contributed by atoms with E-state index in [-0.39, 0.29) is 0 Å². The first kappa shape index (κ1) is 14.1. The fourth-order valence-electron chi connectivity index (χ4n) is 2.83. The highest BCUT2D eigenvalue weighted by Gasteiger charge is 2.31. The Bertz CT molecular complexity index is 830. The van der Waals surface area contributed by atoms with Gasteiger partial charge in [0.2, 0.25) is 0 Å². The van der Waals surface area contributed by atoms with E-state index in [1.807, 2.05) is 32.3 Å². The molecule has 1 aliphatic heterocycles. The standard InChI is InChI=1S/C14H19N9/c1-10-15-17-13-4-5-14(18-23(10)13)22-8-12(9-22)20(2)6-11-7-21(3)19-16-11/h4-5,7,12H,6,8-9H2,1-3H3. The number of anilines is 1. The first-order chi connectivity index (χ1) is 11.1. The Balaban J connectivity index is 1.40. The summed E-state index contributed by atoms with van der Waals surface area (Å²) in [6.07, 6.45) is 1.96. The summed E-state index contributed by atoms with van der Waals surface area (Å²) in [4.78, 5) is 4.57. The van der Waals surface area contributed by atoms with Crippen molar-refractivity contribution in [3.8, 4) is 0 Å². The van der Waals surface area contributed by atoms with Crippen LogP contribution >= 0.6 is 0 Å². The van der Waals surface area contributed by atoms with Crippen LogP contribution in [0.2, 0.25) is 0 Å². The molecule has 0 amide bonds. The van der Waals surface area contributed by atoms with Crippen LogP contribution in [0.4, 0.5) is 5.82 Å². The Hall–Kier alpha value is -2.55. The third-order valence-electron chi connectivity index (χ3n) is 4.28. The second-order valence-corrected chi connectivity index (χ2v) is 6.07. The molecule has 0 aromatic carbocycles. The summed E-state index contributed by atoms with van der Waals surface area (Å²) < 4.78 is 3.52. The minimum atomic E-state index is 0.497. The lowest BCUT2D eigenvalue weighted by Crippen LogP contribution is -2.58. The van der Waals surface area contributed by atoms with E-state index in [4.69, 9.17) is 0 Å². The molecule has 4 heterocycles.